The van der Waals surface area contributed by atoms with E-state index in [0.29, 0.717) is 40.5 Å². The third kappa shape index (κ3) is 4.46. The molecule has 5 rings (SSSR count). The third-order valence-corrected chi connectivity index (χ3v) is 6.37. The van der Waals surface area contributed by atoms with E-state index < -0.39 is 11.8 Å². The van der Waals surface area contributed by atoms with Gasteiger partial charge in [0.2, 0.25) is 0 Å². The highest BCUT2D eigenvalue weighted by Gasteiger charge is 2.30. The molecule has 0 amide bonds. The SMILES string of the molecule is NSc1ccc(Cc2c(-c3ccc(F)cc3)nn(-c3nc(C(=O)O)co3)c2CC2CC2)cc1F. The van der Waals surface area contributed by atoms with Crippen molar-refractivity contribution in [1.29, 1.82) is 0 Å². The molecule has 0 aliphatic heterocycles. The van der Waals surface area contributed by atoms with Gasteiger partial charge in [-0.2, -0.15) is 14.8 Å². The first kappa shape index (κ1) is 22.3. The Kier molecular flexibility index (Phi) is 5.93. The first-order valence-corrected chi connectivity index (χ1v) is 11.5. The van der Waals surface area contributed by atoms with Gasteiger partial charge >= 0.3 is 12.0 Å². The van der Waals surface area contributed by atoms with Crippen molar-refractivity contribution in [3.8, 4) is 17.3 Å². The zero-order valence-electron chi connectivity index (χ0n) is 17.9. The molecule has 2 aromatic heterocycles. The summed E-state index contributed by atoms with van der Waals surface area (Å²) in [5.41, 5.74) is 3.35. The largest absolute Gasteiger partial charge is 0.476 e. The number of carbonyl (C=O) groups is 1. The van der Waals surface area contributed by atoms with Crippen LogP contribution in [0.4, 0.5) is 8.78 Å². The van der Waals surface area contributed by atoms with Crippen LogP contribution in [-0.4, -0.2) is 25.8 Å². The minimum Gasteiger partial charge on any atom is -0.476 e. The molecular formula is C24H20F2N4O3S. The van der Waals surface area contributed by atoms with Gasteiger partial charge in [0.25, 0.3) is 0 Å². The lowest BCUT2D eigenvalue weighted by molar-refractivity contribution is 0.0690. The Hall–Kier alpha value is -3.50. The van der Waals surface area contributed by atoms with Gasteiger partial charge < -0.3 is 9.52 Å². The number of hydrogen-bond donors (Lipinski definition) is 2. The number of aromatic nitrogens is 3. The van der Waals surface area contributed by atoms with E-state index in [1.165, 1.54) is 22.9 Å². The van der Waals surface area contributed by atoms with Crippen LogP contribution in [-0.2, 0) is 12.8 Å². The molecule has 4 aromatic rings. The van der Waals surface area contributed by atoms with Crippen molar-refractivity contribution < 1.29 is 23.1 Å². The van der Waals surface area contributed by atoms with Crippen molar-refractivity contribution in [1.82, 2.24) is 14.8 Å². The predicted octanol–water partition coefficient (Wildman–Crippen LogP) is 5.01. The van der Waals surface area contributed by atoms with E-state index in [4.69, 9.17) is 14.7 Å². The molecule has 3 N–H and O–H groups in total. The highest BCUT2D eigenvalue weighted by atomic mass is 32.2. The Labute approximate surface area is 197 Å². The number of halogens is 2. The number of nitrogens with zero attached hydrogens (tertiary/aromatic N) is 3. The van der Waals surface area contributed by atoms with Crippen LogP contribution < -0.4 is 5.14 Å². The van der Waals surface area contributed by atoms with E-state index in [9.17, 15) is 18.7 Å². The van der Waals surface area contributed by atoms with Crippen molar-refractivity contribution in [2.45, 2.75) is 30.6 Å². The summed E-state index contributed by atoms with van der Waals surface area (Å²) in [6.07, 6.45) is 4.23. The predicted molar refractivity (Wildman–Crippen MR) is 122 cm³/mol. The fourth-order valence-corrected chi connectivity index (χ4v) is 4.21. The van der Waals surface area contributed by atoms with Gasteiger partial charge in [-0.05, 0) is 79.1 Å². The lowest BCUT2D eigenvalue weighted by atomic mass is 9.97. The average molecular weight is 483 g/mol. The number of carboxylic acid groups (broad SMARTS) is 1. The number of rotatable bonds is 8. The van der Waals surface area contributed by atoms with E-state index in [1.54, 1.807) is 24.3 Å². The molecule has 2 aromatic carbocycles. The van der Waals surface area contributed by atoms with Crippen LogP contribution in [0, 0.1) is 17.6 Å². The summed E-state index contributed by atoms with van der Waals surface area (Å²) >= 11 is 0.842. The van der Waals surface area contributed by atoms with Crippen molar-refractivity contribution >= 4 is 17.9 Å². The number of aromatic carboxylic acids is 1. The van der Waals surface area contributed by atoms with Crippen LogP contribution in [0.25, 0.3) is 17.3 Å². The molecule has 10 heteroatoms. The Morgan fingerprint density at radius 3 is 2.59 bits per heavy atom. The smallest absolute Gasteiger partial charge is 0.357 e. The van der Waals surface area contributed by atoms with Crippen LogP contribution >= 0.6 is 11.9 Å². The lowest BCUT2D eigenvalue weighted by Gasteiger charge is -2.09. The van der Waals surface area contributed by atoms with Gasteiger partial charge in [-0.15, -0.1) is 0 Å². The second kappa shape index (κ2) is 9.03. The number of nitrogens with two attached hydrogens (primary N) is 1. The molecular weight excluding hydrogens is 462 g/mol. The normalized spacial score (nSPS) is 13.4. The minimum absolute atomic E-state index is 0.0312. The Bertz CT molecular complexity index is 1360. The lowest BCUT2D eigenvalue weighted by Crippen LogP contribution is -2.07. The second-order valence-corrected chi connectivity index (χ2v) is 8.90. The van der Waals surface area contributed by atoms with Crippen molar-refractivity contribution in [2.24, 2.45) is 11.1 Å². The summed E-state index contributed by atoms with van der Waals surface area (Å²) in [6.45, 7) is 0. The zero-order valence-corrected chi connectivity index (χ0v) is 18.7. The summed E-state index contributed by atoms with van der Waals surface area (Å²) in [5.74, 6) is -1.54. The van der Waals surface area contributed by atoms with Crippen molar-refractivity contribution in [3.63, 3.8) is 0 Å². The van der Waals surface area contributed by atoms with Crippen LogP contribution in [0.15, 0.2) is 58.0 Å². The molecule has 7 nitrogen and oxygen atoms in total. The molecule has 1 saturated carbocycles. The van der Waals surface area contributed by atoms with Gasteiger partial charge in [0, 0.05) is 17.5 Å². The molecule has 0 bridgehead atoms. The van der Waals surface area contributed by atoms with Crippen molar-refractivity contribution in [3.05, 3.63) is 82.9 Å². The highest BCUT2D eigenvalue weighted by molar-refractivity contribution is 7.97. The Morgan fingerprint density at radius 2 is 1.97 bits per heavy atom. The summed E-state index contributed by atoms with van der Waals surface area (Å²) in [7, 11) is 0. The minimum atomic E-state index is -1.21. The monoisotopic (exact) mass is 482 g/mol. The molecule has 0 atom stereocenters. The summed E-state index contributed by atoms with van der Waals surface area (Å²) in [5, 5.41) is 19.5. The number of hydrogen-bond acceptors (Lipinski definition) is 6. The molecule has 174 valence electrons. The maximum absolute atomic E-state index is 14.4. The van der Waals surface area contributed by atoms with Gasteiger partial charge in [-0.1, -0.05) is 6.07 Å². The summed E-state index contributed by atoms with van der Waals surface area (Å²) in [6, 6.07) is 10.8. The Morgan fingerprint density at radius 1 is 1.21 bits per heavy atom. The van der Waals surface area contributed by atoms with E-state index in [2.05, 4.69) is 4.98 Å². The van der Waals surface area contributed by atoms with Gasteiger partial charge in [0.05, 0.1) is 16.3 Å². The van der Waals surface area contributed by atoms with E-state index in [0.717, 1.165) is 42.3 Å². The average Bonchev–Trinajstić information content (AvgIpc) is 3.38. The van der Waals surface area contributed by atoms with Gasteiger partial charge in [-0.3, -0.25) is 5.14 Å². The molecule has 2 heterocycles. The molecule has 0 saturated heterocycles. The second-order valence-electron chi connectivity index (χ2n) is 8.22. The standard InChI is InChI=1S/C24H20F2N4O3S/c25-16-6-4-15(5-7-16)22-17(9-14-3-8-21(34-27)18(26)10-14)20(11-13-1-2-13)30(29-22)24-28-19(12-33-24)23(31)32/h3-8,10,12-13H,1-2,9,11,27H2,(H,31,32). The van der Waals surface area contributed by atoms with Gasteiger partial charge in [0.15, 0.2) is 5.69 Å². The summed E-state index contributed by atoms with van der Waals surface area (Å²) in [4.78, 5) is 15.8. The molecule has 0 unspecified atom stereocenters. The molecule has 0 radical (unpaired) electrons. The van der Waals surface area contributed by atoms with Crippen LogP contribution in [0.1, 0.15) is 40.2 Å². The van der Waals surface area contributed by atoms with E-state index in [-0.39, 0.29) is 17.5 Å². The Balaban J connectivity index is 1.67. The maximum atomic E-state index is 14.4. The fourth-order valence-electron chi connectivity index (χ4n) is 3.89. The quantitative estimate of drug-likeness (QED) is 0.340. The zero-order chi connectivity index (χ0) is 23.8. The van der Waals surface area contributed by atoms with Gasteiger partial charge in [-0.25, -0.2) is 13.6 Å². The topological polar surface area (TPSA) is 107 Å². The third-order valence-electron chi connectivity index (χ3n) is 5.78. The number of oxazole rings is 1. The van der Waals surface area contributed by atoms with Crippen LogP contribution in [0.3, 0.4) is 0 Å². The number of carboxylic acids is 1. The molecule has 1 fully saturated rings. The molecule has 34 heavy (non-hydrogen) atoms. The van der Waals surface area contributed by atoms with Crippen molar-refractivity contribution in [2.75, 3.05) is 0 Å². The van der Waals surface area contributed by atoms with Crippen LogP contribution in [0.5, 0.6) is 0 Å². The first-order chi connectivity index (χ1) is 16.4. The van der Waals surface area contributed by atoms with Gasteiger partial charge in [0.1, 0.15) is 17.9 Å². The number of benzene rings is 2. The van der Waals surface area contributed by atoms with Crippen LogP contribution in [0.2, 0.25) is 0 Å². The summed E-state index contributed by atoms with van der Waals surface area (Å²) < 4.78 is 35.0. The maximum Gasteiger partial charge on any atom is 0.357 e. The molecule has 1 aliphatic rings. The molecule has 1 aliphatic carbocycles. The van der Waals surface area contributed by atoms with E-state index >= 15 is 0 Å². The van der Waals surface area contributed by atoms with E-state index in [1.807, 2.05) is 0 Å². The molecule has 0 spiro atoms. The first-order valence-electron chi connectivity index (χ1n) is 10.6. The fraction of sp³-hybridized carbons (Fsp3) is 0.208. The highest BCUT2D eigenvalue weighted by Crippen LogP contribution is 2.38.